The largest absolute Gasteiger partial charge is 0.370 e. The summed E-state index contributed by atoms with van der Waals surface area (Å²) in [5, 5.41) is 0. The van der Waals surface area contributed by atoms with E-state index in [-0.39, 0.29) is 0 Å². The minimum atomic E-state index is 0.622. The fourth-order valence-electron chi connectivity index (χ4n) is 3.18. The number of rotatable bonds is 2. The standard InChI is InChI=1S/C14H17NO/c16-9-12-4-3-5-13(8-12)15-10-14(11-15)6-1-2-7-14/h3-5,8-9H,1-2,6-7,10-11H2. The zero-order chi connectivity index (χ0) is 11.0. The quantitative estimate of drug-likeness (QED) is 0.707. The Hall–Kier alpha value is -1.31. The molecule has 16 heavy (non-hydrogen) atoms. The van der Waals surface area contributed by atoms with Gasteiger partial charge >= 0.3 is 0 Å². The van der Waals surface area contributed by atoms with E-state index in [1.807, 2.05) is 18.2 Å². The van der Waals surface area contributed by atoms with E-state index < -0.39 is 0 Å². The summed E-state index contributed by atoms with van der Waals surface area (Å²) in [4.78, 5) is 13.1. The van der Waals surface area contributed by atoms with Crippen molar-refractivity contribution >= 4 is 12.0 Å². The molecule has 1 aliphatic carbocycles. The van der Waals surface area contributed by atoms with Crippen molar-refractivity contribution in [3.8, 4) is 0 Å². The third-order valence-electron chi connectivity index (χ3n) is 4.09. The third-order valence-corrected chi connectivity index (χ3v) is 4.09. The van der Waals surface area contributed by atoms with Gasteiger partial charge in [-0.3, -0.25) is 4.79 Å². The van der Waals surface area contributed by atoms with Crippen molar-refractivity contribution in [2.45, 2.75) is 25.7 Å². The van der Waals surface area contributed by atoms with Gasteiger partial charge in [-0.1, -0.05) is 25.0 Å². The van der Waals surface area contributed by atoms with Crippen molar-refractivity contribution in [1.82, 2.24) is 0 Å². The number of aldehydes is 1. The van der Waals surface area contributed by atoms with Gasteiger partial charge < -0.3 is 4.90 Å². The van der Waals surface area contributed by atoms with E-state index in [4.69, 9.17) is 0 Å². The topological polar surface area (TPSA) is 20.3 Å². The minimum absolute atomic E-state index is 0.622. The molecule has 0 radical (unpaired) electrons. The highest BCUT2D eigenvalue weighted by Gasteiger charge is 2.44. The van der Waals surface area contributed by atoms with Gasteiger partial charge in [0.1, 0.15) is 6.29 Å². The molecule has 0 aromatic heterocycles. The van der Waals surface area contributed by atoms with Crippen molar-refractivity contribution in [2.75, 3.05) is 18.0 Å². The highest BCUT2D eigenvalue weighted by molar-refractivity contribution is 5.77. The summed E-state index contributed by atoms with van der Waals surface area (Å²) in [6.45, 7) is 2.38. The zero-order valence-electron chi connectivity index (χ0n) is 9.48. The Morgan fingerprint density at radius 1 is 1.19 bits per heavy atom. The van der Waals surface area contributed by atoms with E-state index >= 15 is 0 Å². The molecule has 1 heterocycles. The summed E-state index contributed by atoms with van der Waals surface area (Å²) >= 11 is 0. The molecule has 2 fully saturated rings. The van der Waals surface area contributed by atoms with Crippen molar-refractivity contribution in [3.63, 3.8) is 0 Å². The van der Waals surface area contributed by atoms with Crippen LogP contribution in [-0.2, 0) is 0 Å². The van der Waals surface area contributed by atoms with E-state index in [0.717, 1.165) is 11.8 Å². The van der Waals surface area contributed by atoms with Crippen LogP contribution in [0.3, 0.4) is 0 Å². The number of nitrogens with zero attached hydrogens (tertiary/aromatic N) is 1. The summed E-state index contributed by atoms with van der Waals surface area (Å²) in [6.07, 6.45) is 6.53. The number of carbonyl (C=O) groups is 1. The van der Waals surface area contributed by atoms with Crippen LogP contribution in [0.15, 0.2) is 24.3 Å². The second-order valence-electron chi connectivity index (χ2n) is 5.28. The van der Waals surface area contributed by atoms with Crippen LogP contribution in [0.2, 0.25) is 0 Å². The number of hydrogen-bond donors (Lipinski definition) is 0. The number of benzene rings is 1. The Labute approximate surface area is 96.3 Å². The van der Waals surface area contributed by atoms with E-state index in [9.17, 15) is 4.79 Å². The van der Waals surface area contributed by atoms with Crippen molar-refractivity contribution in [1.29, 1.82) is 0 Å². The maximum atomic E-state index is 10.7. The normalized spacial score (nSPS) is 22.1. The van der Waals surface area contributed by atoms with Gasteiger partial charge in [-0.15, -0.1) is 0 Å². The van der Waals surface area contributed by atoms with E-state index in [1.54, 1.807) is 0 Å². The molecule has 0 amide bonds. The van der Waals surface area contributed by atoms with Crippen LogP contribution in [0.4, 0.5) is 5.69 Å². The summed E-state index contributed by atoms with van der Waals surface area (Å²) in [7, 11) is 0. The van der Waals surface area contributed by atoms with Gasteiger partial charge in [0.2, 0.25) is 0 Å². The summed E-state index contributed by atoms with van der Waals surface area (Å²) in [5.74, 6) is 0. The lowest BCUT2D eigenvalue weighted by Crippen LogP contribution is -2.55. The fourth-order valence-corrected chi connectivity index (χ4v) is 3.18. The molecular formula is C14H17NO. The second-order valence-corrected chi connectivity index (χ2v) is 5.28. The Bertz CT molecular complexity index is 399. The Kier molecular flexibility index (Phi) is 2.23. The van der Waals surface area contributed by atoms with Crippen molar-refractivity contribution in [2.24, 2.45) is 5.41 Å². The maximum Gasteiger partial charge on any atom is 0.150 e. The zero-order valence-corrected chi connectivity index (χ0v) is 9.48. The highest BCUT2D eigenvalue weighted by atomic mass is 16.1. The van der Waals surface area contributed by atoms with Crippen LogP contribution in [-0.4, -0.2) is 19.4 Å². The molecule has 0 N–H and O–H groups in total. The first-order valence-corrected chi connectivity index (χ1v) is 6.12. The third kappa shape index (κ3) is 1.53. The molecule has 2 heteroatoms. The van der Waals surface area contributed by atoms with Gasteiger partial charge in [0.25, 0.3) is 0 Å². The Morgan fingerprint density at radius 2 is 1.94 bits per heavy atom. The summed E-state index contributed by atoms with van der Waals surface area (Å²) in [5.41, 5.74) is 2.61. The molecule has 1 aromatic carbocycles. The maximum absolute atomic E-state index is 10.7. The van der Waals surface area contributed by atoms with E-state index in [0.29, 0.717) is 5.41 Å². The lowest BCUT2D eigenvalue weighted by molar-refractivity contribution is 0.112. The monoisotopic (exact) mass is 215 g/mol. The molecule has 2 aliphatic rings. The highest BCUT2D eigenvalue weighted by Crippen LogP contribution is 2.46. The lowest BCUT2D eigenvalue weighted by atomic mass is 9.78. The lowest BCUT2D eigenvalue weighted by Gasteiger charge is -2.49. The molecule has 0 atom stereocenters. The Morgan fingerprint density at radius 3 is 2.62 bits per heavy atom. The Balaban J connectivity index is 1.73. The number of carbonyl (C=O) groups excluding carboxylic acids is 1. The molecule has 1 spiro atoms. The van der Waals surface area contributed by atoms with Gasteiger partial charge in [-0.25, -0.2) is 0 Å². The molecule has 1 saturated heterocycles. The molecule has 1 aromatic rings. The SMILES string of the molecule is O=Cc1cccc(N2CC3(CCCC3)C2)c1. The van der Waals surface area contributed by atoms with Crippen LogP contribution in [0.5, 0.6) is 0 Å². The smallest absolute Gasteiger partial charge is 0.150 e. The number of hydrogen-bond acceptors (Lipinski definition) is 2. The van der Waals surface area contributed by atoms with Crippen LogP contribution >= 0.6 is 0 Å². The molecule has 1 aliphatic heterocycles. The van der Waals surface area contributed by atoms with Crippen LogP contribution in [0, 0.1) is 5.41 Å². The van der Waals surface area contributed by atoms with E-state index in [1.165, 1.54) is 44.5 Å². The van der Waals surface area contributed by atoms with Gasteiger partial charge in [-0.05, 0) is 25.0 Å². The average molecular weight is 215 g/mol. The van der Waals surface area contributed by atoms with Crippen molar-refractivity contribution < 1.29 is 4.79 Å². The first kappa shape index (κ1) is 9.88. The predicted molar refractivity (Wildman–Crippen MR) is 64.9 cm³/mol. The molecule has 2 nitrogen and oxygen atoms in total. The van der Waals surface area contributed by atoms with Gasteiger partial charge in [0.15, 0.2) is 0 Å². The van der Waals surface area contributed by atoms with Crippen LogP contribution in [0.25, 0.3) is 0 Å². The second kappa shape index (κ2) is 3.62. The molecule has 3 rings (SSSR count). The predicted octanol–water partition coefficient (Wildman–Crippen LogP) is 2.88. The molecule has 84 valence electrons. The van der Waals surface area contributed by atoms with E-state index in [2.05, 4.69) is 11.0 Å². The molecule has 0 bridgehead atoms. The first-order chi connectivity index (χ1) is 7.81. The van der Waals surface area contributed by atoms with Gasteiger partial charge in [0, 0.05) is 29.8 Å². The average Bonchev–Trinajstić information content (AvgIpc) is 2.76. The van der Waals surface area contributed by atoms with Crippen LogP contribution in [0.1, 0.15) is 36.0 Å². The molecule has 0 unspecified atom stereocenters. The van der Waals surface area contributed by atoms with Crippen molar-refractivity contribution in [3.05, 3.63) is 29.8 Å². The molecule has 1 saturated carbocycles. The number of anilines is 1. The summed E-state index contributed by atoms with van der Waals surface area (Å²) in [6, 6.07) is 7.93. The van der Waals surface area contributed by atoms with Gasteiger partial charge in [0.05, 0.1) is 0 Å². The van der Waals surface area contributed by atoms with Gasteiger partial charge in [-0.2, -0.15) is 0 Å². The summed E-state index contributed by atoms with van der Waals surface area (Å²) < 4.78 is 0. The molecular weight excluding hydrogens is 198 g/mol. The first-order valence-electron chi connectivity index (χ1n) is 6.12. The minimum Gasteiger partial charge on any atom is -0.370 e. The fraction of sp³-hybridized carbons (Fsp3) is 0.500. The van der Waals surface area contributed by atoms with Crippen LogP contribution < -0.4 is 4.90 Å².